The monoisotopic (exact) mass is 428 g/mol. The highest BCUT2D eigenvalue weighted by Crippen LogP contribution is 2.19. The molecule has 0 rings (SSSR count). The van der Waals surface area contributed by atoms with Gasteiger partial charge >= 0.3 is 5.95 Å². The highest BCUT2D eigenvalue weighted by molar-refractivity contribution is 4.95. The van der Waals surface area contributed by atoms with Gasteiger partial charge in [-0.1, -0.05) is 98.3 Å². The fraction of sp³-hybridized carbons (Fsp3) is 0.923. The maximum atomic E-state index is 6.12. The fourth-order valence-electron chi connectivity index (χ4n) is 3.17. The molecule has 0 heterocycles. The van der Waals surface area contributed by atoms with Gasteiger partial charge in [-0.2, -0.15) is 0 Å². The molecule has 0 amide bonds. The molecule has 0 unspecified atom stereocenters. The third kappa shape index (κ3) is 19.1. The van der Waals surface area contributed by atoms with Crippen LogP contribution >= 0.6 is 0 Å². The van der Waals surface area contributed by atoms with E-state index in [0.29, 0.717) is 12.6 Å². The zero-order valence-corrected chi connectivity index (χ0v) is 20.8. The molecule has 0 aromatic carbocycles. The van der Waals surface area contributed by atoms with Crippen molar-refractivity contribution < 1.29 is 18.9 Å². The van der Waals surface area contributed by atoms with Crippen LogP contribution in [0.1, 0.15) is 130 Å². The minimum atomic E-state index is 0.244. The van der Waals surface area contributed by atoms with Gasteiger partial charge in [-0.05, 0) is 25.7 Å². The Kier molecular flexibility index (Phi) is 23.6. The number of hydrogen-bond donors (Lipinski definition) is 0. The van der Waals surface area contributed by atoms with Crippen LogP contribution in [0.15, 0.2) is 11.7 Å². The summed E-state index contributed by atoms with van der Waals surface area (Å²) in [6, 6.07) is 0. The average Bonchev–Trinajstić information content (AvgIpc) is 2.76. The molecule has 0 aliphatic heterocycles. The van der Waals surface area contributed by atoms with Crippen molar-refractivity contribution in [3.63, 3.8) is 0 Å². The molecule has 30 heavy (non-hydrogen) atoms. The first-order valence-corrected chi connectivity index (χ1v) is 13.0. The van der Waals surface area contributed by atoms with Gasteiger partial charge in [-0.3, -0.25) is 0 Å². The third-order valence-corrected chi connectivity index (χ3v) is 5.16. The molecule has 0 atom stereocenters. The standard InChI is InChI=1S/C26H52O4/c1-5-9-13-14-15-19-21-27-24-30-26(29-23-18-12-8-4)25(20-16-10-6-2)28-22-17-11-7-3/h5-24H2,1-4H3. The van der Waals surface area contributed by atoms with Gasteiger partial charge in [-0.25, -0.2) is 0 Å². The SMILES string of the molecule is CCCCCCCCOCOC(OCCCCC)=C(CCCCC)OCCCCC. The zero-order valence-electron chi connectivity index (χ0n) is 20.8. The van der Waals surface area contributed by atoms with Crippen LogP contribution in [0, 0.1) is 0 Å². The molecule has 4 nitrogen and oxygen atoms in total. The van der Waals surface area contributed by atoms with Crippen LogP contribution in [0.3, 0.4) is 0 Å². The smallest absolute Gasteiger partial charge is 0.321 e. The lowest BCUT2D eigenvalue weighted by molar-refractivity contribution is -0.0845. The van der Waals surface area contributed by atoms with Gasteiger partial charge in [0.25, 0.3) is 0 Å². The summed E-state index contributed by atoms with van der Waals surface area (Å²) in [5.41, 5.74) is 0. The lowest BCUT2D eigenvalue weighted by atomic mass is 10.1. The van der Waals surface area contributed by atoms with Crippen molar-refractivity contribution >= 4 is 0 Å². The molecule has 4 heteroatoms. The minimum absolute atomic E-state index is 0.244. The van der Waals surface area contributed by atoms with Crippen molar-refractivity contribution in [2.45, 2.75) is 130 Å². The van der Waals surface area contributed by atoms with Gasteiger partial charge in [0.15, 0.2) is 12.6 Å². The first-order chi connectivity index (χ1) is 14.8. The number of rotatable bonds is 24. The summed E-state index contributed by atoms with van der Waals surface area (Å²) in [6.45, 7) is 11.3. The molecule has 0 aromatic heterocycles. The highest BCUT2D eigenvalue weighted by atomic mass is 16.7. The summed E-state index contributed by atoms with van der Waals surface area (Å²) in [6.07, 6.45) is 18.8. The summed E-state index contributed by atoms with van der Waals surface area (Å²) >= 11 is 0. The molecular weight excluding hydrogens is 376 g/mol. The summed E-state index contributed by atoms with van der Waals surface area (Å²) in [4.78, 5) is 0. The second-order valence-corrected chi connectivity index (χ2v) is 8.22. The fourth-order valence-corrected chi connectivity index (χ4v) is 3.17. The maximum Gasteiger partial charge on any atom is 0.321 e. The Hall–Kier alpha value is -0.900. The summed E-state index contributed by atoms with van der Waals surface area (Å²) < 4.78 is 23.8. The Morgan fingerprint density at radius 2 is 0.967 bits per heavy atom. The van der Waals surface area contributed by atoms with Gasteiger partial charge in [0.1, 0.15) is 0 Å². The second kappa shape index (κ2) is 24.4. The van der Waals surface area contributed by atoms with E-state index in [1.807, 2.05) is 0 Å². The van der Waals surface area contributed by atoms with E-state index in [9.17, 15) is 0 Å². The lowest BCUT2D eigenvalue weighted by Crippen LogP contribution is -2.10. The van der Waals surface area contributed by atoms with Crippen molar-refractivity contribution in [3.8, 4) is 0 Å². The number of ether oxygens (including phenoxy) is 4. The molecule has 0 radical (unpaired) electrons. The van der Waals surface area contributed by atoms with E-state index in [2.05, 4.69) is 27.7 Å². The molecule has 180 valence electrons. The quantitative estimate of drug-likeness (QED) is 0.0877. The van der Waals surface area contributed by atoms with Gasteiger partial charge in [0.05, 0.1) is 19.8 Å². The predicted octanol–water partition coefficient (Wildman–Crippen LogP) is 8.50. The van der Waals surface area contributed by atoms with Crippen molar-refractivity contribution in [3.05, 3.63) is 11.7 Å². The van der Waals surface area contributed by atoms with E-state index < -0.39 is 0 Å². The van der Waals surface area contributed by atoms with Crippen LogP contribution in [0.25, 0.3) is 0 Å². The largest absolute Gasteiger partial charge is 0.491 e. The molecule has 0 bridgehead atoms. The summed E-state index contributed by atoms with van der Waals surface area (Å²) in [5, 5.41) is 0. The third-order valence-electron chi connectivity index (χ3n) is 5.16. The molecule has 0 N–H and O–H groups in total. The van der Waals surface area contributed by atoms with E-state index in [0.717, 1.165) is 51.1 Å². The molecule has 0 saturated carbocycles. The molecule has 0 spiro atoms. The molecule has 0 aliphatic rings. The van der Waals surface area contributed by atoms with E-state index in [-0.39, 0.29) is 6.79 Å². The van der Waals surface area contributed by atoms with Crippen molar-refractivity contribution in [1.29, 1.82) is 0 Å². The summed E-state index contributed by atoms with van der Waals surface area (Å²) in [7, 11) is 0. The van der Waals surface area contributed by atoms with Crippen LogP contribution in [0.2, 0.25) is 0 Å². The summed E-state index contributed by atoms with van der Waals surface area (Å²) in [5.74, 6) is 1.43. The first-order valence-electron chi connectivity index (χ1n) is 13.0. The normalized spacial score (nSPS) is 12.0. The van der Waals surface area contributed by atoms with Crippen molar-refractivity contribution in [2.24, 2.45) is 0 Å². The molecular formula is C26H52O4. The van der Waals surface area contributed by atoms with E-state index in [1.54, 1.807) is 0 Å². The van der Waals surface area contributed by atoms with Crippen LogP contribution in [0.5, 0.6) is 0 Å². The number of allylic oxidation sites excluding steroid dienone is 1. The van der Waals surface area contributed by atoms with E-state index >= 15 is 0 Å². The molecule has 0 aliphatic carbocycles. The van der Waals surface area contributed by atoms with Crippen LogP contribution in [-0.4, -0.2) is 26.6 Å². The highest BCUT2D eigenvalue weighted by Gasteiger charge is 2.13. The second-order valence-electron chi connectivity index (χ2n) is 8.22. The Bertz CT molecular complexity index is 368. The Balaban J connectivity index is 4.55. The topological polar surface area (TPSA) is 36.9 Å². The van der Waals surface area contributed by atoms with Crippen molar-refractivity contribution in [2.75, 3.05) is 26.6 Å². The van der Waals surface area contributed by atoms with Gasteiger partial charge in [0.2, 0.25) is 0 Å². The van der Waals surface area contributed by atoms with Crippen molar-refractivity contribution in [1.82, 2.24) is 0 Å². The Morgan fingerprint density at radius 1 is 0.467 bits per heavy atom. The molecule has 0 saturated heterocycles. The minimum Gasteiger partial charge on any atom is -0.491 e. The van der Waals surface area contributed by atoms with Crippen LogP contribution < -0.4 is 0 Å². The van der Waals surface area contributed by atoms with E-state index in [1.165, 1.54) is 70.6 Å². The molecule has 0 fully saturated rings. The first kappa shape index (κ1) is 29.1. The predicted molar refractivity (Wildman–Crippen MR) is 127 cm³/mol. The number of hydrogen-bond acceptors (Lipinski definition) is 4. The Morgan fingerprint density at radius 3 is 1.63 bits per heavy atom. The zero-order chi connectivity index (χ0) is 22.1. The number of unbranched alkanes of at least 4 members (excludes halogenated alkanes) is 11. The maximum absolute atomic E-state index is 6.12. The average molecular weight is 429 g/mol. The van der Waals surface area contributed by atoms with E-state index in [4.69, 9.17) is 18.9 Å². The van der Waals surface area contributed by atoms with Crippen LogP contribution in [0.4, 0.5) is 0 Å². The van der Waals surface area contributed by atoms with Gasteiger partial charge in [-0.15, -0.1) is 0 Å². The molecule has 0 aromatic rings. The van der Waals surface area contributed by atoms with Gasteiger partial charge < -0.3 is 18.9 Å². The van der Waals surface area contributed by atoms with Gasteiger partial charge in [0, 0.05) is 6.42 Å². The lowest BCUT2D eigenvalue weighted by Gasteiger charge is -2.18. The Labute approximate surface area is 188 Å². The van der Waals surface area contributed by atoms with Crippen LogP contribution in [-0.2, 0) is 18.9 Å².